The molecule has 2 amide bonds. The fraction of sp³-hybridized carbons (Fsp3) is 0.200. The molecule has 0 fully saturated rings. The molecule has 0 atom stereocenters. The molecule has 0 aliphatic carbocycles. The highest BCUT2D eigenvalue weighted by Crippen LogP contribution is 2.14. The van der Waals surface area contributed by atoms with Crippen LogP contribution in [-0.2, 0) is 9.53 Å². The number of aromatic hydroxyl groups is 1. The SMILES string of the molecule is COC(=O)CNC(=O)Nc1cccc(O)c1. The highest BCUT2D eigenvalue weighted by atomic mass is 16.5. The zero-order valence-electron chi connectivity index (χ0n) is 8.69. The van der Waals surface area contributed by atoms with Crippen LogP contribution in [0, 0.1) is 0 Å². The molecule has 0 saturated carbocycles. The van der Waals surface area contributed by atoms with Gasteiger partial charge in [0.15, 0.2) is 0 Å². The van der Waals surface area contributed by atoms with Crippen LogP contribution in [0.15, 0.2) is 24.3 Å². The molecule has 0 saturated heterocycles. The number of phenols is 1. The topological polar surface area (TPSA) is 87.7 Å². The minimum atomic E-state index is -0.545. The molecule has 1 aromatic rings. The molecule has 0 aromatic heterocycles. The second-order valence-electron chi connectivity index (χ2n) is 2.93. The number of anilines is 1. The first-order valence-electron chi connectivity index (χ1n) is 4.52. The second kappa shape index (κ2) is 5.59. The van der Waals surface area contributed by atoms with Crippen molar-refractivity contribution in [3.05, 3.63) is 24.3 Å². The first-order valence-corrected chi connectivity index (χ1v) is 4.52. The first kappa shape index (κ1) is 11.8. The fourth-order valence-corrected chi connectivity index (χ4v) is 0.984. The lowest BCUT2D eigenvalue weighted by molar-refractivity contribution is -0.139. The Balaban J connectivity index is 2.43. The highest BCUT2D eigenvalue weighted by molar-refractivity contribution is 5.91. The van der Waals surface area contributed by atoms with Crippen molar-refractivity contribution in [3.63, 3.8) is 0 Å². The van der Waals surface area contributed by atoms with Crippen molar-refractivity contribution in [3.8, 4) is 5.75 Å². The first-order chi connectivity index (χ1) is 7.61. The lowest BCUT2D eigenvalue weighted by atomic mass is 10.3. The summed E-state index contributed by atoms with van der Waals surface area (Å²) in [6.07, 6.45) is 0. The average Bonchev–Trinajstić information content (AvgIpc) is 2.26. The van der Waals surface area contributed by atoms with Crippen LogP contribution < -0.4 is 10.6 Å². The van der Waals surface area contributed by atoms with Gasteiger partial charge in [-0.05, 0) is 12.1 Å². The summed E-state index contributed by atoms with van der Waals surface area (Å²) in [5, 5.41) is 13.9. The van der Waals surface area contributed by atoms with Gasteiger partial charge in [0.25, 0.3) is 0 Å². The normalized spacial score (nSPS) is 9.31. The lowest BCUT2D eigenvalue weighted by Gasteiger charge is -2.06. The van der Waals surface area contributed by atoms with E-state index in [0.717, 1.165) is 0 Å². The van der Waals surface area contributed by atoms with Crippen LogP contribution in [0.25, 0.3) is 0 Å². The number of urea groups is 1. The third-order valence-electron chi connectivity index (χ3n) is 1.72. The molecule has 6 heteroatoms. The summed E-state index contributed by atoms with van der Waals surface area (Å²) in [7, 11) is 1.23. The summed E-state index contributed by atoms with van der Waals surface area (Å²) in [5.74, 6) is -0.489. The van der Waals surface area contributed by atoms with E-state index in [1.807, 2.05) is 0 Å². The van der Waals surface area contributed by atoms with Crippen molar-refractivity contribution >= 4 is 17.7 Å². The molecule has 3 N–H and O–H groups in total. The summed E-state index contributed by atoms with van der Waals surface area (Å²) in [6.45, 7) is -0.207. The Bertz CT molecular complexity index is 392. The van der Waals surface area contributed by atoms with Gasteiger partial charge in [0.2, 0.25) is 0 Å². The molecule has 86 valence electrons. The minimum Gasteiger partial charge on any atom is -0.508 e. The number of hydrogen-bond donors (Lipinski definition) is 3. The number of rotatable bonds is 3. The summed E-state index contributed by atoms with van der Waals surface area (Å²) in [6, 6.07) is 5.52. The average molecular weight is 224 g/mol. The van der Waals surface area contributed by atoms with Gasteiger partial charge in [0.1, 0.15) is 12.3 Å². The van der Waals surface area contributed by atoms with E-state index in [1.54, 1.807) is 12.1 Å². The quantitative estimate of drug-likeness (QED) is 0.659. The molecular formula is C10H12N2O4. The summed E-state index contributed by atoms with van der Waals surface area (Å²) in [4.78, 5) is 22.0. The number of esters is 1. The summed E-state index contributed by atoms with van der Waals surface area (Å²) < 4.78 is 4.35. The van der Waals surface area contributed by atoms with Crippen molar-refractivity contribution < 1.29 is 19.4 Å². The smallest absolute Gasteiger partial charge is 0.325 e. The molecule has 0 unspecified atom stereocenters. The van der Waals surface area contributed by atoms with Gasteiger partial charge in [0, 0.05) is 11.8 Å². The minimum absolute atomic E-state index is 0.0470. The van der Waals surface area contributed by atoms with Crippen LogP contribution in [0.3, 0.4) is 0 Å². The number of methoxy groups -OCH3 is 1. The number of nitrogens with one attached hydrogen (secondary N) is 2. The van der Waals surface area contributed by atoms with Gasteiger partial charge >= 0.3 is 12.0 Å². The largest absolute Gasteiger partial charge is 0.508 e. The number of phenolic OH excluding ortho intramolecular Hbond substituents is 1. The number of hydrogen-bond acceptors (Lipinski definition) is 4. The molecule has 0 aliphatic rings. The Labute approximate surface area is 92.2 Å². The maximum Gasteiger partial charge on any atom is 0.325 e. The van der Waals surface area contributed by atoms with E-state index < -0.39 is 12.0 Å². The Kier molecular flexibility index (Phi) is 4.14. The van der Waals surface area contributed by atoms with Crippen LogP contribution in [0.4, 0.5) is 10.5 Å². The Morgan fingerprint density at radius 1 is 1.44 bits per heavy atom. The molecule has 0 bridgehead atoms. The molecule has 16 heavy (non-hydrogen) atoms. The van der Waals surface area contributed by atoms with Crippen molar-refractivity contribution in [1.82, 2.24) is 5.32 Å². The predicted octanol–water partition coefficient (Wildman–Crippen LogP) is 0.687. The van der Waals surface area contributed by atoms with E-state index in [0.29, 0.717) is 5.69 Å². The van der Waals surface area contributed by atoms with Gasteiger partial charge in [-0.15, -0.1) is 0 Å². The van der Waals surface area contributed by atoms with Gasteiger partial charge in [0.05, 0.1) is 7.11 Å². The van der Waals surface area contributed by atoms with Crippen LogP contribution in [0.5, 0.6) is 5.75 Å². The van der Waals surface area contributed by atoms with E-state index in [2.05, 4.69) is 15.4 Å². The van der Waals surface area contributed by atoms with Crippen LogP contribution in [0.2, 0.25) is 0 Å². The number of amides is 2. The zero-order chi connectivity index (χ0) is 12.0. The third kappa shape index (κ3) is 3.87. The molecule has 1 rings (SSSR count). The number of carbonyl (C=O) groups excluding carboxylic acids is 2. The molecular weight excluding hydrogens is 212 g/mol. The monoisotopic (exact) mass is 224 g/mol. The van der Waals surface area contributed by atoms with Crippen molar-refractivity contribution in [2.75, 3.05) is 19.0 Å². The molecule has 0 spiro atoms. The van der Waals surface area contributed by atoms with Gasteiger partial charge in [-0.1, -0.05) is 6.07 Å². The zero-order valence-corrected chi connectivity index (χ0v) is 8.69. The highest BCUT2D eigenvalue weighted by Gasteiger charge is 2.05. The second-order valence-corrected chi connectivity index (χ2v) is 2.93. The Morgan fingerprint density at radius 3 is 2.81 bits per heavy atom. The Morgan fingerprint density at radius 2 is 2.19 bits per heavy atom. The van der Waals surface area contributed by atoms with Gasteiger partial charge in [-0.25, -0.2) is 4.79 Å². The van der Waals surface area contributed by atoms with E-state index in [9.17, 15) is 9.59 Å². The number of ether oxygens (including phenoxy) is 1. The van der Waals surface area contributed by atoms with Gasteiger partial charge in [-0.3, -0.25) is 4.79 Å². The Hall–Kier alpha value is -2.24. The molecule has 0 radical (unpaired) electrons. The van der Waals surface area contributed by atoms with E-state index >= 15 is 0 Å². The maximum atomic E-state index is 11.2. The van der Waals surface area contributed by atoms with Crippen LogP contribution in [-0.4, -0.2) is 30.8 Å². The molecule has 1 aromatic carbocycles. The molecule has 6 nitrogen and oxygen atoms in total. The van der Waals surface area contributed by atoms with Crippen molar-refractivity contribution in [2.24, 2.45) is 0 Å². The summed E-state index contributed by atoms with van der Waals surface area (Å²) in [5.41, 5.74) is 0.433. The van der Waals surface area contributed by atoms with E-state index in [-0.39, 0.29) is 12.3 Å². The fourth-order valence-electron chi connectivity index (χ4n) is 0.984. The van der Waals surface area contributed by atoms with Crippen LogP contribution >= 0.6 is 0 Å². The third-order valence-corrected chi connectivity index (χ3v) is 1.72. The summed E-state index contributed by atoms with van der Waals surface area (Å²) >= 11 is 0. The van der Waals surface area contributed by atoms with Crippen molar-refractivity contribution in [1.29, 1.82) is 0 Å². The molecule has 0 heterocycles. The van der Waals surface area contributed by atoms with Crippen LogP contribution in [0.1, 0.15) is 0 Å². The predicted molar refractivity (Wildman–Crippen MR) is 57.1 cm³/mol. The lowest BCUT2D eigenvalue weighted by Crippen LogP contribution is -2.33. The van der Waals surface area contributed by atoms with E-state index in [4.69, 9.17) is 5.11 Å². The maximum absolute atomic E-state index is 11.2. The molecule has 0 aliphatic heterocycles. The van der Waals surface area contributed by atoms with Gasteiger partial charge < -0.3 is 20.5 Å². The number of carbonyl (C=O) groups is 2. The van der Waals surface area contributed by atoms with Crippen molar-refractivity contribution in [2.45, 2.75) is 0 Å². The number of benzene rings is 1. The van der Waals surface area contributed by atoms with Gasteiger partial charge in [-0.2, -0.15) is 0 Å². The standard InChI is InChI=1S/C10H12N2O4/c1-16-9(14)6-11-10(15)12-7-3-2-4-8(13)5-7/h2-5,13H,6H2,1H3,(H2,11,12,15). The van der Waals surface area contributed by atoms with E-state index in [1.165, 1.54) is 19.2 Å².